The SMILES string of the molecule is COc1ccc(NC2=C(c3ccc(C)cc3)C(=O)N(Cc3ccc(F)cc3)C2=O)cc1. The topological polar surface area (TPSA) is 58.6 Å². The Kier molecular flexibility index (Phi) is 5.54. The van der Waals surface area contributed by atoms with E-state index in [1.165, 1.54) is 17.0 Å². The van der Waals surface area contributed by atoms with Crippen molar-refractivity contribution in [3.05, 3.63) is 101 Å². The largest absolute Gasteiger partial charge is 0.497 e. The van der Waals surface area contributed by atoms with E-state index >= 15 is 0 Å². The third-order valence-corrected chi connectivity index (χ3v) is 5.12. The minimum absolute atomic E-state index is 0.0566. The molecular formula is C25H21FN2O3. The fourth-order valence-corrected chi connectivity index (χ4v) is 3.41. The number of carbonyl (C=O) groups is 2. The lowest BCUT2D eigenvalue weighted by atomic mass is 10.0. The van der Waals surface area contributed by atoms with Crippen molar-refractivity contribution in [1.29, 1.82) is 0 Å². The Hall–Kier alpha value is -3.93. The van der Waals surface area contributed by atoms with E-state index in [1.807, 2.05) is 31.2 Å². The summed E-state index contributed by atoms with van der Waals surface area (Å²) in [6.07, 6.45) is 0. The molecule has 4 rings (SSSR count). The summed E-state index contributed by atoms with van der Waals surface area (Å²) in [4.78, 5) is 27.7. The molecule has 2 amide bonds. The van der Waals surface area contributed by atoms with Gasteiger partial charge in [-0.05, 0) is 54.4 Å². The van der Waals surface area contributed by atoms with Gasteiger partial charge in [0, 0.05) is 5.69 Å². The van der Waals surface area contributed by atoms with Gasteiger partial charge in [0.05, 0.1) is 19.2 Å². The van der Waals surface area contributed by atoms with Crippen molar-refractivity contribution in [1.82, 2.24) is 4.90 Å². The molecule has 31 heavy (non-hydrogen) atoms. The van der Waals surface area contributed by atoms with Crippen LogP contribution in [0.5, 0.6) is 5.75 Å². The molecule has 156 valence electrons. The van der Waals surface area contributed by atoms with E-state index in [2.05, 4.69) is 5.32 Å². The van der Waals surface area contributed by atoms with Crippen LogP contribution in [-0.4, -0.2) is 23.8 Å². The van der Waals surface area contributed by atoms with E-state index < -0.39 is 11.8 Å². The number of anilines is 1. The zero-order chi connectivity index (χ0) is 22.0. The Morgan fingerprint density at radius 3 is 2.13 bits per heavy atom. The minimum Gasteiger partial charge on any atom is -0.497 e. The molecule has 0 atom stereocenters. The van der Waals surface area contributed by atoms with E-state index in [-0.39, 0.29) is 18.1 Å². The van der Waals surface area contributed by atoms with Crippen molar-refractivity contribution in [2.24, 2.45) is 0 Å². The van der Waals surface area contributed by atoms with Crippen LogP contribution in [-0.2, 0) is 16.1 Å². The summed E-state index contributed by atoms with van der Waals surface area (Å²) in [6.45, 7) is 2.01. The zero-order valence-electron chi connectivity index (χ0n) is 17.2. The van der Waals surface area contributed by atoms with E-state index in [4.69, 9.17) is 4.74 Å². The zero-order valence-corrected chi connectivity index (χ0v) is 17.2. The molecule has 1 aliphatic rings. The van der Waals surface area contributed by atoms with Crippen molar-refractivity contribution in [3.8, 4) is 5.75 Å². The van der Waals surface area contributed by atoms with E-state index in [0.29, 0.717) is 28.1 Å². The predicted molar refractivity (Wildman–Crippen MR) is 117 cm³/mol. The molecule has 0 spiro atoms. The van der Waals surface area contributed by atoms with Crippen molar-refractivity contribution in [3.63, 3.8) is 0 Å². The molecule has 0 saturated heterocycles. The third kappa shape index (κ3) is 4.19. The summed E-state index contributed by atoms with van der Waals surface area (Å²) >= 11 is 0. The maximum Gasteiger partial charge on any atom is 0.278 e. The van der Waals surface area contributed by atoms with Crippen LogP contribution in [0.15, 0.2) is 78.5 Å². The van der Waals surface area contributed by atoms with Crippen LogP contribution in [0.3, 0.4) is 0 Å². The van der Waals surface area contributed by atoms with Gasteiger partial charge in [-0.2, -0.15) is 0 Å². The Bertz CT molecular complexity index is 1150. The molecule has 0 aromatic heterocycles. The number of methoxy groups -OCH3 is 1. The summed E-state index contributed by atoms with van der Waals surface area (Å²) < 4.78 is 18.4. The molecule has 0 fully saturated rings. The number of ether oxygens (including phenoxy) is 1. The summed E-state index contributed by atoms with van der Waals surface area (Å²) in [5, 5.41) is 3.11. The van der Waals surface area contributed by atoms with Gasteiger partial charge in [0.25, 0.3) is 11.8 Å². The van der Waals surface area contributed by atoms with Gasteiger partial charge < -0.3 is 10.1 Å². The molecule has 1 heterocycles. The van der Waals surface area contributed by atoms with E-state index in [0.717, 1.165) is 5.56 Å². The summed E-state index contributed by atoms with van der Waals surface area (Å²) in [5.41, 5.74) is 3.54. The molecule has 3 aromatic carbocycles. The lowest BCUT2D eigenvalue weighted by molar-refractivity contribution is -0.137. The number of amides is 2. The van der Waals surface area contributed by atoms with Crippen molar-refractivity contribution in [2.45, 2.75) is 13.5 Å². The van der Waals surface area contributed by atoms with Gasteiger partial charge in [0.1, 0.15) is 17.3 Å². The van der Waals surface area contributed by atoms with E-state index in [9.17, 15) is 14.0 Å². The van der Waals surface area contributed by atoms with Crippen molar-refractivity contribution in [2.75, 3.05) is 12.4 Å². The molecule has 0 aliphatic carbocycles. The molecular weight excluding hydrogens is 395 g/mol. The molecule has 0 bridgehead atoms. The van der Waals surface area contributed by atoms with Gasteiger partial charge in [-0.25, -0.2) is 4.39 Å². The normalized spacial score (nSPS) is 13.7. The first-order valence-corrected chi connectivity index (χ1v) is 9.79. The first kappa shape index (κ1) is 20.3. The average Bonchev–Trinajstić information content (AvgIpc) is 3.00. The number of nitrogens with one attached hydrogen (secondary N) is 1. The van der Waals surface area contributed by atoms with Gasteiger partial charge in [-0.1, -0.05) is 42.0 Å². The Labute approximate surface area is 179 Å². The minimum atomic E-state index is -0.430. The van der Waals surface area contributed by atoms with Gasteiger partial charge >= 0.3 is 0 Å². The molecule has 0 unspecified atom stereocenters. The maximum absolute atomic E-state index is 13.3. The molecule has 6 heteroatoms. The van der Waals surface area contributed by atoms with Crippen LogP contribution in [0.4, 0.5) is 10.1 Å². The van der Waals surface area contributed by atoms with Crippen LogP contribution >= 0.6 is 0 Å². The van der Waals surface area contributed by atoms with E-state index in [1.54, 1.807) is 43.5 Å². The van der Waals surface area contributed by atoms with Gasteiger partial charge in [0.15, 0.2) is 0 Å². The van der Waals surface area contributed by atoms with Crippen LogP contribution in [0.2, 0.25) is 0 Å². The van der Waals surface area contributed by atoms with Gasteiger partial charge in [-0.15, -0.1) is 0 Å². The third-order valence-electron chi connectivity index (χ3n) is 5.12. The fraction of sp³-hybridized carbons (Fsp3) is 0.120. The van der Waals surface area contributed by atoms with Crippen LogP contribution < -0.4 is 10.1 Å². The lowest BCUT2D eigenvalue weighted by Crippen LogP contribution is -2.32. The fourth-order valence-electron chi connectivity index (χ4n) is 3.41. The van der Waals surface area contributed by atoms with Crippen LogP contribution in [0.1, 0.15) is 16.7 Å². The second-order valence-corrected chi connectivity index (χ2v) is 7.29. The molecule has 0 radical (unpaired) electrons. The maximum atomic E-state index is 13.3. The summed E-state index contributed by atoms with van der Waals surface area (Å²) in [7, 11) is 1.58. The highest BCUT2D eigenvalue weighted by Gasteiger charge is 2.39. The van der Waals surface area contributed by atoms with Gasteiger partial charge in [0.2, 0.25) is 0 Å². The highest BCUT2D eigenvalue weighted by atomic mass is 19.1. The average molecular weight is 416 g/mol. The number of nitrogens with zero attached hydrogens (tertiary/aromatic N) is 1. The quantitative estimate of drug-likeness (QED) is 0.600. The number of benzene rings is 3. The first-order valence-electron chi connectivity index (χ1n) is 9.79. The second-order valence-electron chi connectivity index (χ2n) is 7.29. The molecule has 1 N–H and O–H groups in total. The van der Waals surface area contributed by atoms with Crippen molar-refractivity contribution >= 4 is 23.1 Å². The van der Waals surface area contributed by atoms with Crippen LogP contribution in [0, 0.1) is 12.7 Å². The second kappa shape index (κ2) is 8.44. The Balaban J connectivity index is 1.71. The highest BCUT2D eigenvalue weighted by Crippen LogP contribution is 2.32. The Morgan fingerprint density at radius 2 is 1.52 bits per heavy atom. The number of carbonyl (C=O) groups excluding carboxylic acids is 2. The number of rotatable bonds is 6. The molecule has 5 nitrogen and oxygen atoms in total. The Morgan fingerprint density at radius 1 is 0.871 bits per heavy atom. The molecule has 1 aliphatic heterocycles. The summed E-state index contributed by atoms with van der Waals surface area (Å²) in [6, 6.07) is 20.3. The highest BCUT2D eigenvalue weighted by molar-refractivity contribution is 6.36. The molecule has 0 saturated carbocycles. The number of halogens is 1. The number of hydrogen-bond donors (Lipinski definition) is 1. The monoisotopic (exact) mass is 416 g/mol. The van der Waals surface area contributed by atoms with Crippen LogP contribution in [0.25, 0.3) is 5.57 Å². The first-order chi connectivity index (χ1) is 15.0. The summed E-state index contributed by atoms with van der Waals surface area (Å²) in [5.74, 6) is -0.511. The molecule has 3 aromatic rings. The number of imide groups is 1. The lowest BCUT2D eigenvalue weighted by Gasteiger charge is -2.15. The predicted octanol–water partition coefficient (Wildman–Crippen LogP) is 4.53. The standard InChI is InChI=1S/C25H21FN2O3/c1-16-3-7-18(8-4-16)22-23(27-20-11-13-21(31-2)14-12-20)25(30)28(24(22)29)15-17-5-9-19(26)10-6-17/h3-14,27H,15H2,1-2H3. The van der Waals surface area contributed by atoms with Gasteiger partial charge in [-0.3, -0.25) is 14.5 Å². The number of aryl methyl sites for hydroxylation is 1. The smallest absolute Gasteiger partial charge is 0.278 e. The van der Waals surface area contributed by atoms with Crippen molar-refractivity contribution < 1.29 is 18.7 Å². The number of hydrogen-bond acceptors (Lipinski definition) is 4.